The molecule has 1 fully saturated rings. The van der Waals surface area contributed by atoms with Crippen LogP contribution in [-0.2, 0) is 4.79 Å². The first-order chi connectivity index (χ1) is 12.1. The van der Waals surface area contributed by atoms with E-state index in [-0.39, 0.29) is 11.7 Å². The monoisotopic (exact) mass is 370 g/mol. The van der Waals surface area contributed by atoms with Gasteiger partial charge in [-0.1, -0.05) is 42.1 Å². The van der Waals surface area contributed by atoms with Gasteiger partial charge in [-0.2, -0.15) is 10.1 Å². The fourth-order valence-corrected chi connectivity index (χ4v) is 3.37. The van der Waals surface area contributed by atoms with Crippen molar-refractivity contribution < 1.29 is 14.6 Å². The number of nitrogens with zero attached hydrogens (tertiary/aromatic N) is 2. The lowest BCUT2D eigenvalue weighted by Crippen LogP contribution is -2.22. The van der Waals surface area contributed by atoms with Crippen LogP contribution in [-0.4, -0.2) is 33.7 Å². The predicted molar refractivity (Wildman–Crippen MR) is 104 cm³/mol. The van der Waals surface area contributed by atoms with Gasteiger partial charge in [-0.3, -0.25) is 4.79 Å². The van der Waals surface area contributed by atoms with Gasteiger partial charge < -0.3 is 9.84 Å². The predicted octanol–water partition coefficient (Wildman–Crippen LogP) is 3.64. The third kappa shape index (κ3) is 3.72. The smallest absolute Gasteiger partial charge is 0.286 e. The lowest BCUT2D eigenvalue weighted by molar-refractivity contribution is -0.122. The molecule has 7 heteroatoms. The fourth-order valence-electron chi connectivity index (χ4n) is 2.20. The number of thiocarbonyl (C=S) groups is 1. The Labute approximate surface area is 154 Å². The van der Waals surface area contributed by atoms with Gasteiger partial charge in [0.1, 0.15) is 11.5 Å². The highest BCUT2D eigenvalue weighted by Crippen LogP contribution is 2.34. The summed E-state index contributed by atoms with van der Waals surface area (Å²) >= 11 is 6.41. The maximum atomic E-state index is 12.6. The Bertz CT molecular complexity index is 893. The van der Waals surface area contributed by atoms with E-state index in [2.05, 4.69) is 5.10 Å². The molecule has 0 radical (unpaired) electrons. The van der Waals surface area contributed by atoms with E-state index < -0.39 is 0 Å². The van der Waals surface area contributed by atoms with Crippen LogP contribution < -0.4 is 4.74 Å². The minimum atomic E-state index is -0.312. The number of hydrogen-bond acceptors (Lipinski definition) is 6. The van der Waals surface area contributed by atoms with Gasteiger partial charge in [0.2, 0.25) is 0 Å². The first-order valence-electron chi connectivity index (χ1n) is 7.33. The topological polar surface area (TPSA) is 62.1 Å². The molecule has 1 aliphatic heterocycles. The Kier molecular flexibility index (Phi) is 5.16. The average Bonchev–Trinajstić information content (AvgIpc) is 2.88. The van der Waals surface area contributed by atoms with Crippen LogP contribution in [0.15, 0.2) is 58.5 Å². The van der Waals surface area contributed by atoms with Crippen LogP contribution in [0.25, 0.3) is 6.08 Å². The molecular formula is C18H14N2O3S2. The number of hydrazone groups is 1. The molecule has 0 saturated carbocycles. The molecule has 1 aliphatic rings. The normalized spacial score (nSPS) is 16.2. The van der Waals surface area contributed by atoms with Crippen molar-refractivity contribution in [1.29, 1.82) is 0 Å². The third-order valence-electron chi connectivity index (χ3n) is 3.45. The van der Waals surface area contributed by atoms with Gasteiger partial charge in [0.05, 0.1) is 18.2 Å². The third-order valence-corrected chi connectivity index (χ3v) is 4.73. The van der Waals surface area contributed by atoms with Gasteiger partial charge in [0, 0.05) is 11.1 Å². The van der Waals surface area contributed by atoms with Crippen molar-refractivity contribution in [3.8, 4) is 11.5 Å². The van der Waals surface area contributed by atoms with Crippen LogP contribution in [0.5, 0.6) is 11.5 Å². The highest BCUT2D eigenvalue weighted by Gasteiger charge is 2.32. The quantitative estimate of drug-likeness (QED) is 0.506. The maximum absolute atomic E-state index is 12.6. The number of hydrogen-bond donors (Lipinski definition) is 1. The molecule has 1 saturated heterocycles. The second kappa shape index (κ2) is 7.50. The standard InChI is InChI=1S/C18H14N2O3S2/c1-23-15-9-5-3-6-12(15)10-16-17(22)20(18(24)25-16)19-11-13-7-2-4-8-14(13)21/h2-11,21H,1H3/b16-10?,19-11+. The van der Waals surface area contributed by atoms with Gasteiger partial charge in [-0.25, -0.2) is 0 Å². The van der Waals surface area contributed by atoms with E-state index in [4.69, 9.17) is 17.0 Å². The van der Waals surface area contributed by atoms with Crippen molar-refractivity contribution in [2.24, 2.45) is 5.10 Å². The summed E-state index contributed by atoms with van der Waals surface area (Å²) in [5, 5.41) is 15.0. The van der Waals surface area contributed by atoms with E-state index >= 15 is 0 Å². The molecule has 0 spiro atoms. The molecular weight excluding hydrogens is 356 g/mol. The summed E-state index contributed by atoms with van der Waals surface area (Å²) in [6.07, 6.45) is 3.14. The molecule has 1 heterocycles. The zero-order valence-electron chi connectivity index (χ0n) is 13.2. The number of benzene rings is 2. The second-order valence-electron chi connectivity index (χ2n) is 5.04. The largest absolute Gasteiger partial charge is 0.507 e. The van der Waals surface area contributed by atoms with Crippen molar-refractivity contribution in [1.82, 2.24) is 5.01 Å². The van der Waals surface area contributed by atoms with Crippen LogP contribution in [0.1, 0.15) is 11.1 Å². The number of phenols is 1. The first kappa shape index (κ1) is 17.2. The SMILES string of the molecule is COc1ccccc1C=C1SC(=S)N(/N=C/c2ccccc2O)C1=O. The molecule has 0 aliphatic carbocycles. The molecule has 0 bridgehead atoms. The van der Waals surface area contributed by atoms with Crippen LogP contribution in [0.4, 0.5) is 0 Å². The summed E-state index contributed by atoms with van der Waals surface area (Å²) in [5.74, 6) is 0.444. The van der Waals surface area contributed by atoms with Gasteiger partial charge >= 0.3 is 0 Å². The van der Waals surface area contributed by atoms with E-state index in [1.165, 1.54) is 18.0 Å². The molecule has 5 nitrogen and oxygen atoms in total. The van der Waals surface area contributed by atoms with Gasteiger partial charge in [0.25, 0.3) is 5.91 Å². The average molecular weight is 370 g/mol. The molecule has 1 N–H and O–H groups in total. The number of para-hydroxylation sites is 2. The summed E-state index contributed by atoms with van der Waals surface area (Å²) < 4.78 is 5.63. The summed E-state index contributed by atoms with van der Waals surface area (Å²) in [5.41, 5.74) is 1.29. The maximum Gasteiger partial charge on any atom is 0.286 e. The van der Waals surface area contributed by atoms with Crippen molar-refractivity contribution in [3.05, 3.63) is 64.6 Å². The minimum absolute atomic E-state index is 0.0845. The Morgan fingerprint density at radius 2 is 1.84 bits per heavy atom. The summed E-state index contributed by atoms with van der Waals surface area (Å²) in [6.45, 7) is 0. The van der Waals surface area contributed by atoms with Crippen molar-refractivity contribution in [2.75, 3.05) is 7.11 Å². The Morgan fingerprint density at radius 1 is 1.16 bits per heavy atom. The number of ether oxygens (including phenoxy) is 1. The number of rotatable bonds is 4. The molecule has 2 aromatic carbocycles. The number of carbonyl (C=O) groups is 1. The van der Waals surface area contributed by atoms with Gasteiger partial charge in [-0.05, 0) is 36.5 Å². The molecule has 1 amide bonds. The van der Waals surface area contributed by atoms with Crippen LogP contribution in [0.3, 0.4) is 0 Å². The molecule has 0 aromatic heterocycles. The lowest BCUT2D eigenvalue weighted by Gasteiger charge is -2.07. The Morgan fingerprint density at radius 3 is 2.56 bits per heavy atom. The van der Waals surface area contributed by atoms with Gasteiger partial charge in [-0.15, -0.1) is 0 Å². The zero-order chi connectivity index (χ0) is 17.8. The van der Waals surface area contributed by atoms with Crippen molar-refractivity contribution >= 4 is 46.5 Å². The second-order valence-corrected chi connectivity index (χ2v) is 6.71. The number of carbonyl (C=O) groups excluding carboxylic acids is 1. The summed E-state index contributed by atoms with van der Waals surface area (Å²) in [4.78, 5) is 13.0. The van der Waals surface area contributed by atoms with Gasteiger partial charge in [0.15, 0.2) is 4.32 Å². The Hall–Kier alpha value is -2.64. The van der Waals surface area contributed by atoms with E-state index in [1.54, 1.807) is 37.5 Å². The van der Waals surface area contributed by atoms with Crippen molar-refractivity contribution in [2.45, 2.75) is 0 Å². The van der Waals surface area contributed by atoms with E-state index in [0.29, 0.717) is 20.5 Å². The first-order valence-corrected chi connectivity index (χ1v) is 8.55. The lowest BCUT2D eigenvalue weighted by atomic mass is 10.2. The summed E-state index contributed by atoms with van der Waals surface area (Å²) in [7, 11) is 1.58. The molecule has 3 rings (SSSR count). The molecule has 126 valence electrons. The number of aromatic hydroxyl groups is 1. The van der Waals surface area contributed by atoms with Crippen LogP contribution >= 0.6 is 24.0 Å². The molecule has 25 heavy (non-hydrogen) atoms. The molecule has 2 aromatic rings. The highest BCUT2D eigenvalue weighted by molar-refractivity contribution is 8.26. The number of thioether (sulfide) groups is 1. The molecule has 0 unspecified atom stereocenters. The van der Waals surface area contributed by atoms with Crippen LogP contribution in [0, 0.1) is 0 Å². The van der Waals surface area contributed by atoms with E-state index in [0.717, 1.165) is 10.6 Å². The molecule has 0 atom stereocenters. The van der Waals surface area contributed by atoms with E-state index in [9.17, 15) is 9.90 Å². The number of amides is 1. The van der Waals surface area contributed by atoms with Crippen LogP contribution in [0.2, 0.25) is 0 Å². The minimum Gasteiger partial charge on any atom is -0.507 e. The zero-order valence-corrected chi connectivity index (χ0v) is 14.9. The summed E-state index contributed by atoms with van der Waals surface area (Å²) in [6, 6.07) is 14.1. The van der Waals surface area contributed by atoms with Crippen molar-refractivity contribution in [3.63, 3.8) is 0 Å². The number of methoxy groups -OCH3 is 1. The Balaban J connectivity index is 1.85. The van der Waals surface area contributed by atoms with E-state index in [1.807, 2.05) is 24.3 Å². The highest BCUT2D eigenvalue weighted by atomic mass is 32.2. The number of phenolic OH excluding ortho intramolecular Hbond substituents is 1. The fraction of sp³-hybridized carbons (Fsp3) is 0.0556.